The Balaban J connectivity index is 2.15. The topological polar surface area (TPSA) is 117 Å². The number of aryl methyl sites for hydroxylation is 3. The van der Waals surface area contributed by atoms with Gasteiger partial charge >= 0.3 is 315 Å². The molecule has 1 aromatic heterocycles. The number of amides is 1. The Morgan fingerprint density at radius 2 is 1.53 bits per heavy atom. The van der Waals surface area contributed by atoms with Crippen molar-refractivity contribution in [3.8, 4) is 0 Å². The van der Waals surface area contributed by atoms with Gasteiger partial charge in [0.2, 0.25) is 0 Å². The summed E-state index contributed by atoms with van der Waals surface area (Å²) in [5.74, 6) is -2.06. The van der Waals surface area contributed by atoms with Gasteiger partial charge in [-0.25, -0.2) is 0 Å². The molecule has 1 saturated heterocycles. The number of Topliss-reactive ketones (excluding diaryl/α,β-unsaturated/α-hetero) is 1. The van der Waals surface area contributed by atoms with Crippen LogP contribution in [0, 0.1) is 12.8 Å². The van der Waals surface area contributed by atoms with Crippen LogP contribution in [-0.4, -0.2) is 83.6 Å². The molecule has 1 aromatic carbocycles. The minimum absolute atomic E-state index is 0.0422. The van der Waals surface area contributed by atoms with Crippen molar-refractivity contribution in [3.63, 3.8) is 0 Å². The third kappa shape index (κ3) is 10.7. The fourth-order valence-corrected chi connectivity index (χ4v) is 15.9. The van der Waals surface area contributed by atoms with Crippen molar-refractivity contribution in [1.82, 2.24) is 14.5 Å². The SMILES string of the molecule is CCCCP(CCCC)(CCCC)(OC(=O)COC(C)=O)N1C(=O)[C@H]([C@@H](C)O[Si](C)(C)C(C)(C)C)[C@H]1CC(=O)c1cc(C)n(CCc2ccccc2)n1. The molecule has 298 valence electrons. The molecule has 0 aliphatic carbocycles. The number of unbranched alkanes of at least 4 members (excludes halogenated alkanes) is 3. The van der Waals surface area contributed by atoms with Gasteiger partial charge in [-0.3, -0.25) is 0 Å². The predicted octanol–water partition coefficient (Wildman–Crippen LogP) is 9.13. The Morgan fingerprint density at radius 3 is 2.04 bits per heavy atom. The number of ether oxygens (including phenoxy) is 1. The number of hydrogen-bond acceptors (Lipinski definition) is 8. The number of β-lactam (4-membered cyclic amide) rings is 1. The second kappa shape index (κ2) is 18.6. The molecule has 2 heterocycles. The first-order valence-electron chi connectivity index (χ1n) is 19.8. The maximum atomic E-state index is 15.0. The standard InChI is InChI=1S/C41H68N3O7PSi/c1-12-15-25-52(26-16-13-2,27-17-14-3,50-38(47)30-49-33(6)45)44-36(39(40(44)48)32(5)51-53(10,11)41(7,8)9)29-37(46)35-28-31(4)43(42-35)24-23-34-21-19-18-20-22-34/h18-22,28,32,36,39H,12-17,23-27,29-30H2,1-11H3/t32-,36-,39-/m1/s1. The van der Waals surface area contributed by atoms with Crippen LogP contribution in [-0.2, 0) is 41.0 Å². The normalized spacial score (nSPS) is 17.8. The Kier molecular flexibility index (Phi) is 15.7. The summed E-state index contributed by atoms with van der Waals surface area (Å²) in [6, 6.07) is 11.5. The van der Waals surface area contributed by atoms with Crippen molar-refractivity contribution < 1.29 is 32.9 Å². The van der Waals surface area contributed by atoms with E-state index in [1.807, 2.05) is 47.5 Å². The summed E-state index contributed by atoms with van der Waals surface area (Å²) >= 11 is 0. The number of hydrogen-bond donors (Lipinski definition) is 0. The van der Waals surface area contributed by atoms with Gasteiger partial charge in [0.15, 0.2) is 0 Å². The second-order valence-corrected chi connectivity index (χ2v) is 26.5. The van der Waals surface area contributed by atoms with E-state index in [-0.39, 0.29) is 23.1 Å². The van der Waals surface area contributed by atoms with E-state index in [2.05, 4.69) is 66.8 Å². The fraction of sp³-hybridized carbons (Fsp3) is 0.683. The molecule has 0 spiro atoms. The molecule has 1 amide bonds. The molecule has 2 aromatic rings. The molecule has 0 saturated carbocycles. The number of esters is 1. The first kappa shape index (κ1) is 44.5. The summed E-state index contributed by atoms with van der Waals surface area (Å²) in [7, 11) is -2.31. The molecule has 10 nitrogen and oxygen atoms in total. The monoisotopic (exact) mass is 773 g/mol. The Bertz CT molecular complexity index is 1530. The van der Waals surface area contributed by atoms with E-state index < -0.39 is 51.9 Å². The molecule has 12 heteroatoms. The van der Waals surface area contributed by atoms with Gasteiger partial charge in [-0.05, 0) is 0 Å². The first-order valence-corrected chi connectivity index (χ1v) is 25.4. The van der Waals surface area contributed by atoms with Gasteiger partial charge in [0, 0.05) is 0 Å². The summed E-state index contributed by atoms with van der Waals surface area (Å²) in [5.41, 5.74) is 2.46. The summed E-state index contributed by atoms with van der Waals surface area (Å²) in [6.07, 6.45) is 6.79. The van der Waals surface area contributed by atoms with Crippen molar-refractivity contribution in [3.05, 3.63) is 53.3 Å². The van der Waals surface area contributed by atoms with Gasteiger partial charge in [-0.2, -0.15) is 0 Å². The Hall–Kier alpha value is -2.88. The number of ketones is 1. The summed E-state index contributed by atoms with van der Waals surface area (Å²) < 4.78 is 22.6. The van der Waals surface area contributed by atoms with Gasteiger partial charge < -0.3 is 0 Å². The quantitative estimate of drug-likeness (QED) is 0.0383. The molecule has 53 heavy (non-hydrogen) atoms. The van der Waals surface area contributed by atoms with E-state index >= 15 is 4.79 Å². The Morgan fingerprint density at radius 1 is 0.962 bits per heavy atom. The molecule has 0 bridgehead atoms. The van der Waals surface area contributed by atoms with Crippen LogP contribution >= 0.6 is 6.98 Å². The molecule has 0 radical (unpaired) electrons. The first-order chi connectivity index (χ1) is 24.8. The number of carbonyl (C=O) groups excluding carboxylic acids is 4. The number of rotatable bonds is 22. The number of aromatic nitrogens is 2. The van der Waals surface area contributed by atoms with Gasteiger partial charge in [0.05, 0.1) is 0 Å². The van der Waals surface area contributed by atoms with Crippen molar-refractivity contribution in [2.24, 2.45) is 5.92 Å². The number of nitrogens with zero attached hydrogens (tertiary/aromatic N) is 3. The van der Waals surface area contributed by atoms with Crippen LogP contribution in [0.15, 0.2) is 36.4 Å². The average Bonchev–Trinajstić information content (AvgIpc) is 3.47. The second-order valence-electron chi connectivity index (χ2n) is 16.7. The molecule has 0 N–H and O–H groups in total. The predicted molar refractivity (Wildman–Crippen MR) is 217 cm³/mol. The molecule has 1 aliphatic rings. The van der Waals surface area contributed by atoms with Crippen LogP contribution in [0.4, 0.5) is 0 Å². The van der Waals surface area contributed by atoms with Crippen LogP contribution < -0.4 is 0 Å². The van der Waals surface area contributed by atoms with Crippen LogP contribution in [0.1, 0.15) is 122 Å². The maximum absolute atomic E-state index is 15.0. The summed E-state index contributed by atoms with van der Waals surface area (Å²) in [4.78, 5) is 55.0. The minimum atomic E-state index is -3.90. The van der Waals surface area contributed by atoms with Gasteiger partial charge in [0.1, 0.15) is 0 Å². The van der Waals surface area contributed by atoms with E-state index in [1.165, 1.54) is 12.5 Å². The zero-order valence-corrected chi connectivity index (χ0v) is 36.4. The van der Waals surface area contributed by atoms with E-state index in [9.17, 15) is 14.4 Å². The van der Waals surface area contributed by atoms with E-state index in [0.29, 0.717) is 30.7 Å². The third-order valence-corrected chi connectivity index (χ3v) is 22.3. The van der Waals surface area contributed by atoms with E-state index in [1.54, 1.807) is 0 Å². The van der Waals surface area contributed by atoms with Crippen molar-refractivity contribution in [2.75, 3.05) is 25.1 Å². The molecule has 3 rings (SSSR count). The molecule has 3 atom stereocenters. The van der Waals surface area contributed by atoms with Crippen LogP contribution in [0.2, 0.25) is 18.1 Å². The van der Waals surface area contributed by atoms with E-state index in [4.69, 9.17) is 18.8 Å². The Labute approximate surface area is 320 Å². The zero-order chi connectivity index (χ0) is 39.6. The molecule has 0 unspecified atom stereocenters. The molecular formula is C41H68N3O7PSi. The summed E-state index contributed by atoms with van der Waals surface area (Å²) in [5, 5.41) is 4.69. The third-order valence-electron chi connectivity index (χ3n) is 11.5. The number of benzene rings is 1. The van der Waals surface area contributed by atoms with Crippen molar-refractivity contribution in [1.29, 1.82) is 0 Å². The van der Waals surface area contributed by atoms with Crippen molar-refractivity contribution in [2.45, 2.75) is 151 Å². The number of carbonyl (C=O) groups is 4. The van der Waals surface area contributed by atoms with Crippen LogP contribution in [0.5, 0.6) is 0 Å². The fourth-order valence-electron chi connectivity index (χ4n) is 7.50. The average molecular weight is 774 g/mol. The van der Waals surface area contributed by atoms with Crippen LogP contribution in [0.25, 0.3) is 0 Å². The van der Waals surface area contributed by atoms with Gasteiger partial charge in [-0.15, -0.1) is 0 Å². The van der Waals surface area contributed by atoms with Crippen LogP contribution in [0.3, 0.4) is 0 Å². The zero-order valence-electron chi connectivity index (χ0n) is 34.5. The molecule has 1 aliphatic heterocycles. The molecule has 1 fully saturated rings. The van der Waals surface area contributed by atoms with E-state index in [0.717, 1.165) is 50.6 Å². The van der Waals surface area contributed by atoms with Gasteiger partial charge in [0.25, 0.3) is 0 Å². The van der Waals surface area contributed by atoms with Crippen molar-refractivity contribution >= 4 is 38.9 Å². The molecular weight excluding hydrogens is 706 g/mol. The summed E-state index contributed by atoms with van der Waals surface area (Å²) in [6.45, 7) is 18.6. The van der Waals surface area contributed by atoms with Gasteiger partial charge in [-0.1, -0.05) is 6.07 Å².